The third-order valence-electron chi connectivity index (χ3n) is 0.913. The quantitative estimate of drug-likeness (QED) is 0.376. The van der Waals surface area contributed by atoms with Crippen molar-refractivity contribution in [2.24, 2.45) is 0 Å². The van der Waals surface area contributed by atoms with Crippen molar-refractivity contribution in [3.8, 4) is 0 Å². The van der Waals surface area contributed by atoms with Gasteiger partial charge < -0.3 is 0 Å². The lowest BCUT2D eigenvalue weighted by molar-refractivity contribution is 0.546. The highest BCUT2D eigenvalue weighted by Crippen LogP contribution is 1.74. The van der Waals surface area contributed by atoms with Crippen molar-refractivity contribution >= 4 is 20.4 Å². The molecule has 0 spiro atoms. The maximum absolute atomic E-state index is 10.8. The standard InChI is InChI=1S/C3H12N4O4S2/c1-3-5-13(10,11)7-6-12(8,9)4-2/h4-7H,3H2,1-2H3. The van der Waals surface area contributed by atoms with Crippen molar-refractivity contribution in [3.05, 3.63) is 0 Å². The molecule has 0 atom stereocenters. The van der Waals surface area contributed by atoms with Crippen LogP contribution in [0.3, 0.4) is 0 Å². The summed E-state index contributed by atoms with van der Waals surface area (Å²) in [7, 11) is -6.46. The molecule has 8 nitrogen and oxygen atoms in total. The molecule has 0 bridgehead atoms. The molecule has 0 aliphatic heterocycles. The lowest BCUT2D eigenvalue weighted by Gasteiger charge is -2.07. The SMILES string of the molecule is CCNS(=O)(=O)NNS(=O)(=O)NC. The molecule has 0 amide bonds. The van der Waals surface area contributed by atoms with Gasteiger partial charge in [0.1, 0.15) is 0 Å². The molecule has 0 radical (unpaired) electrons. The zero-order valence-electron chi connectivity index (χ0n) is 7.16. The van der Waals surface area contributed by atoms with Crippen molar-refractivity contribution in [1.82, 2.24) is 19.1 Å². The largest absolute Gasteiger partial charge is 0.290 e. The van der Waals surface area contributed by atoms with Gasteiger partial charge in [0.25, 0.3) is 20.4 Å². The highest BCUT2D eigenvalue weighted by atomic mass is 32.2. The van der Waals surface area contributed by atoms with Crippen LogP contribution in [-0.2, 0) is 20.4 Å². The highest BCUT2D eigenvalue weighted by molar-refractivity contribution is 7.90. The van der Waals surface area contributed by atoms with Crippen LogP contribution in [0.1, 0.15) is 6.92 Å². The molecule has 0 aromatic heterocycles. The van der Waals surface area contributed by atoms with Gasteiger partial charge in [-0.25, -0.2) is 9.44 Å². The van der Waals surface area contributed by atoms with Crippen molar-refractivity contribution in [1.29, 1.82) is 0 Å². The van der Waals surface area contributed by atoms with Gasteiger partial charge in [-0.2, -0.15) is 16.8 Å². The Morgan fingerprint density at radius 1 is 1.00 bits per heavy atom. The second-order valence-electron chi connectivity index (χ2n) is 1.91. The highest BCUT2D eigenvalue weighted by Gasteiger charge is 2.11. The predicted octanol–water partition coefficient (Wildman–Crippen LogP) is -2.60. The number of nitrogens with one attached hydrogen (secondary N) is 4. The molecule has 0 saturated heterocycles. The zero-order chi connectivity index (χ0) is 10.5. The Morgan fingerprint density at radius 2 is 1.46 bits per heavy atom. The lowest BCUT2D eigenvalue weighted by atomic mass is 10.8. The van der Waals surface area contributed by atoms with Gasteiger partial charge in [0.2, 0.25) is 0 Å². The molecule has 0 aromatic rings. The van der Waals surface area contributed by atoms with E-state index in [-0.39, 0.29) is 6.54 Å². The summed E-state index contributed by atoms with van der Waals surface area (Å²) < 4.78 is 46.9. The van der Waals surface area contributed by atoms with E-state index in [1.807, 2.05) is 9.44 Å². The Morgan fingerprint density at radius 3 is 1.85 bits per heavy atom. The number of hydrazine groups is 1. The Labute approximate surface area is 77.4 Å². The number of rotatable bonds is 6. The van der Waals surface area contributed by atoms with Gasteiger partial charge in [-0.1, -0.05) is 6.92 Å². The second-order valence-corrected chi connectivity index (χ2v) is 5.03. The first-order valence-corrected chi connectivity index (χ1v) is 6.26. The topological polar surface area (TPSA) is 116 Å². The van der Waals surface area contributed by atoms with Crippen LogP contribution >= 0.6 is 0 Å². The smallest absolute Gasteiger partial charge is 0.204 e. The van der Waals surface area contributed by atoms with Crippen molar-refractivity contribution in [2.45, 2.75) is 6.92 Å². The molecule has 13 heavy (non-hydrogen) atoms. The second kappa shape index (κ2) is 4.83. The number of hydrogen-bond acceptors (Lipinski definition) is 4. The van der Waals surface area contributed by atoms with Crippen LogP contribution in [0.4, 0.5) is 0 Å². The van der Waals surface area contributed by atoms with E-state index in [4.69, 9.17) is 0 Å². The third-order valence-corrected chi connectivity index (χ3v) is 2.99. The van der Waals surface area contributed by atoms with Gasteiger partial charge in [-0.05, 0) is 0 Å². The summed E-state index contributed by atoms with van der Waals surface area (Å²) in [6, 6.07) is 0. The van der Waals surface area contributed by atoms with Crippen LogP contribution in [0.15, 0.2) is 0 Å². The minimum absolute atomic E-state index is 0.163. The van der Waals surface area contributed by atoms with Gasteiger partial charge in [-0.15, -0.1) is 9.66 Å². The average Bonchev–Trinajstić information content (AvgIpc) is 2.02. The van der Waals surface area contributed by atoms with E-state index in [1.54, 1.807) is 16.6 Å². The molecule has 0 aliphatic rings. The van der Waals surface area contributed by atoms with Crippen molar-refractivity contribution < 1.29 is 16.8 Å². The lowest BCUT2D eigenvalue weighted by Crippen LogP contribution is -2.50. The first-order chi connectivity index (χ1) is 5.83. The fourth-order valence-corrected chi connectivity index (χ4v) is 1.82. The fourth-order valence-electron chi connectivity index (χ4n) is 0.387. The van der Waals surface area contributed by atoms with Gasteiger partial charge in [-0.3, -0.25) is 0 Å². The first kappa shape index (κ1) is 12.7. The van der Waals surface area contributed by atoms with Gasteiger partial charge in [0.15, 0.2) is 0 Å². The Kier molecular flexibility index (Phi) is 4.74. The van der Waals surface area contributed by atoms with Crippen LogP contribution in [0.5, 0.6) is 0 Å². The van der Waals surface area contributed by atoms with Crippen LogP contribution in [-0.4, -0.2) is 30.4 Å². The van der Waals surface area contributed by atoms with Crippen LogP contribution in [0.25, 0.3) is 0 Å². The predicted molar refractivity (Wildman–Crippen MR) is 46.8 cm³/mol. The van der Waals surface area contributed by atoms with Crippen LogP contribution in [0.2, 0.25) is 0 Å². The molecule has 0 heterocycles. The van der Waals surface area contributed by atoms with Gasteiger partial charge >= 0.3 is 0 Å². The summed E-state index contributed by atoms with van der Waals surface area (Å²) in [5, 5.41) is 0. The molecule has 10 heteroatoms. The van der Waals surface area contributed by atoms with E-state index >= 15 is 0 Å². The van der Waals surface area contributed by atoms with Crippen LogP contribution < -0.4 is 19.1 Å². The summed E-state index contributed by atoms with van der Waals surface area (Å²) in [4.78, 5) is 3.21. The molecular weight excluding hydrogens is 220 g/mol. The fraction of sp³-hybridized carbons (Fsp3) is 1.00. The summed E-state index contributed by atoms with van der Waals surface area (Å²) in [6.07, 6.45) is 0. The van der Waals surface area contributed by atoms with Crippen molar-refractivity contribution in [2.75, 3.05) is 13.6 Å². The van der Waals surface area contributed by atoms with E-state index in [9.17, 15) is 16.8 Å². The summed E-state index contributed by atoms with van der Waals surface area (Å²) >= 11 is 0. The Balaban J connectivity index is 4.19. The van der Waals surface area contributed by atoms with Gasteiger partial charge in [0, 0.05) is 13.6 Å². The molecule has 4 N–H and O–H groups in total. The van der Waals surface area contributed by atoms with E-state index in [1.165, 1.54) is 0 Å². The molecular formula is C3H12N4O4S2. The van der Waals surface area contributed by atoms with E-state index in [2.05, 4.69) is 0 Å². The minimum Gasteiger partial charge on any atom is -0.204 e. The number of hydrogen-bond donors (Lipinski definition) is 4. The zero-order valence-corrected chi connectivity index (χ0v) is 8.79. The summed E-state index contributed by atoms with van der Waals surface area (Å²) in [5.74, 6) is 0. The minimum atomic E-state index is -3.81. The molecule has 0 aliphatic carbocycles. The van der Waals surface area contributed by atoms with E-state index in [0.717, 1.165) is 7.05 Å². The summed E-state index contributed by atoms with van der Waals surface area (Å²) in [6.45, 7) is 1.72. The maximum atomic E-state index is 10.8. The monoisotopic (exact) mass is 232 g/mol. The normalized spacial score (nSPS) is 13.1. The molecule has 0 saturated carbocycles. The van der Waals surface area contributed by atoms with Crippen LogP contribution in [0, 0.1) is 0 Å². The average molecular weight is 232 g/mol. The Hall–Kier alpha value is -0.260. The van der Waals surface area contributed by atoms with E-state index in [0.29, 0.717) is 0 Å². The maximum Gasteiger partial charge on any atom is 0.290 e. The molecule has 0 rings (SSSR count). The molecule has 0 aromatic carbocycles. The first-order valence-electron chi connectivity index (χ1n) is 3.29. The molecule has 80 valence electrons. The molecule has 0 fully saturated rings. The Bertz CT molecular complexity index is 332. The molecule has 0 unspecified atom stereocenters. The summed E-state index contributed by atoms with van der Waals surface area (Å²) in [5.41, 5.74) is 0. The van der Waals surface area contributed by atoms with E-state index < -0.39 is 20.4 Å². The van der Waals surface area contributed by atoms with Crippen molar-refractivity contribution in [3.63, 3.8) is 0 Å². The third kappa shape index (κ3) is 5.90. The van der Waals surface area contributed by atoms with Gasteiger partial charge in [0.05, 0.1) is 0 Å².